The van der Waals surface area contributed by atoms with Crippen LogP contribution in [0, 0.1) is 0 Å². The Labute approximate surface area is 35.7 Å². The molecule has 3 nitrogen and oxygen atoms in total. The zero-order chi connectivity index (χ0) is 4.99. The Morgan fingerprint density at radius 2 is 2.17 bits per heavy atom. The molecule has 0 fully saturated rings. The molecule has 0 radical (unpaired) electrons. The maximum Gasteiger partial charge on any atom is -0.0590 e. The molecule has 0 bridgehead atoms. The van der Waals surface area contributed by atoms with Gasteiger partial charge in [0.1, 0.15) is 0 Å². The smallest absolute Gasteiger partial charge is 0.0590 e. The van der Waals surface area contributed by atoms with E-state index in [4.69, 9.17) is 0 Å². The van der Waals surface area contributed by atoms with Gasteiger partial charge in [0, 0.05) is 0 Å². The summed E-state index contributed by atoms with van der Waals surface area (Å²) < 4.78 is 0. The van der Waals surface area contributed by atoms with Crippen molar-refractivity contribution >= 4 is 0 Å². The lowest BCUT2D eigenvalue weighted by Crippen LogP contribution is -2.32. The molecule has 1 atom stereocenters. The van der Waals surface area contributed by atoms with Crippen LogP contribution in [0.25, 0.3) is 0 Å². The Morgan fingerprint density at radius 3 is 2.17 bits per heavy atom. The molecular weight excluding hydrogens is 82.0 g/mol. The Balaban J connectivity index is 3.03. The van der Waals surface area contributed by atoms with Gasteiger partial charge in [0.15, 0.2) is 0 Å². The van der Waals surface area contributed by atoms with Crippen LogP contribution in [-0.4, -0.2) is 6.23 Å². The summed E-state index contributed by atoms with van der Waals surface area (Å²) in [6.45, 7) is 0. The number of hydrogen-bond acceptors (Lipinski definition) is 3. The van der Waals surface area contributed by atoms with E-state index >= 15 is 0 Å². The summed E-state index contributed by atoms with van der Waals surface area (Å²) in [6.07, 6.45) is -0.125. The maximum atomic E-state index is 9.62. The predicted molar refractivity (Wildman–Crippen MR) is 17.1 cm³/mol. The van der Waals surface area contributed by atoms with Crippen LogP contribution in [0.1, 0.15) is 0 Å². The van der Waals surface area contributed by atoms with E-state index < -0.39 is 6.23 Å². The van der Waals surface area contributed by atoms with Crippen molar-refractivity contribution in [1.82, 2.24) is 0 Å². The van der Waals surface area contributed by atoms with Gasteiger partial charge in [0.2, 0.25) is 0 Å². The third kappa shape index (κ3) is 3.46. The summed E-state index contributed by atoms with van der Waals surface area (Å²) >= 11 is 0. The summed E-state index contributed by atoms with van der Waals surface area (Å²) in [6, 6.07) is 0. The van der Waals surface area contributed by atoms with E-state index in [9.17, 15) is 10.2 Å². The van der Waals surface area contributed by atoms with E-state index in [0.29, 0.717) is 6.26 Å². The monoisotopic (exact) mass is 87.0 g/mol. The van der Waals surface area contributed by atoms with Crippen molar-refractivity contribution in [1.29, 1.82) is 0 Å². The van der Waals surface area contributed by atoms with Crippen LogP contribution in [0.3, 0.4) is 0 Å². The van der Waals surface area contributed by atoms with Gasteiger partial charge < -0.3 is 15.9 Å². The van der Waals surface area contributed by atoms with Gasteiger partial charge in [-0.3, -0.25) is 0 Å². The first-order valence-electron chi connectivity index (χ1n) is 1.47. The van der Waals surface area contributed by atoms with Crippen LogP contribution in [-0.2, 0) is 0 Å². The zero-order valence-corrected chi connectivity index (χ0v) is 3.13. The summed E-state index contributed by atoms with van der Waals surface area (Å²) in [5.74, 6) is 0. The fraction of sp³-hybridized carbons (Fsp3) is 0.333. The lowest BCUT2D eigenvalue weighted by molar-refractivity contribution is -0.403. The maximum absolute atomic E-state index is 9.62. The van der Waals surface area contributed by atoms with Crippen molar-refractivity contribution in [3.63, 3.8) is 0 Å². The quantitative estimate of drug-likeness (QED) is 0.284. The molecule has 0 aliphatic heterocycles. The van der Waals surface area contributed by atoms with Crippen molar-refractivity contribution in [2.75, 3.05) is 0 Å². The van der Waals surface area contributed by atoms with Gasteiger partial charge in [-0.15, -0.1) is 0 Å². The van der Waals surface area contributed by atoms with E-state index in [1.54, 1.807) is 0 Å². The molecule has 0 aromatic heterocycles. The van der Waals surface area contributed by atoms with Gasteiger partial charge in [-0.25, -0.2) is 0 Å². The first-order valence-corrected chi connectivity index (χ1v) is 1.47. The van der Waals surface area contributed by atoms with Gasteiger partial charge in [0.25, 0.3) is 0 Å². The number of hydrogen-bond donors (Lipinski definition) is 1. The largest absolute Gasteiger partial charge is 0.878 e. The molecule has 0 saturated heterocycles. The second-order valence-corrected chi connectivity index (χ2v) is 0.793. The molecule has 36 valence electrons. The molecule has 0 rings (SSSR count). The minimum Gasteiger partial charge on any atom is -0.878 e. The van der Waals surface area contributed by atoms with E-state index in [1.807, 2.05) is 0 Å². The molecule has 0 aliphatic rings. The summed E-state index contributed by atoms with van der Waals surface area (Å²) in [5, 5.41) is 18.9. The van der Waals surface area contributed by atoms with Gasteiger partial charge in [-0.2, -0.15) is 6.26 Å². The summed E-state index contributed by atoms with van der Waals surface area (Å²) in [5.41, 5.74) is 4.56. The highest BCUT2D eigenvalue weighted by Crippen LogP contribution is 1.58. The highest BCUT2D eigenvalue weighted by molar-refractivity contribution is 4.73. The Morgan fingerprint density at radius 1 is 1.67 bits per heavy atom. The minimum absolute atomic E-state index is 0.387. The molecule has 0 saturated carbocycles. The highest BCUT2D eigenvalue weighted by Gasteiger charge is 1.61. The second kappa shape index (κ2) is 2.68. The molecular formula is C3H5NO2-2. The molecule has 0 aromatic rings. The molecule has 3 heteroatoms. The average molecular weight is 87.1 g/mol. The molecule has 0 spiro atoms. The van der Waals surface area contributed by atoms with Crippen molar-refractivity contribution in [2.24, 2.45) is 5.73 Å². The lowest BCUT2D eigenvalue weighted by atomic mass is 10.6. The minimum atomic E-state index is -1.34. The van der Waals surface area contributed by atoms with Crippen LogP contribution >= 0.6 is 0 Å². The van der Waals surface area contributed by atoms with E-state index in [-0.39, 0.29) is 0 Å². The second-order valence-electron chi connectivity index (χ2n) is 0.793. The molecule has 0 heterocycles. The predicted octanol–water partition coefficient (Wildman–Crippen LogP) is -2.49. The Kier molecular flexibility index (Phi) is 2.44. The first kappa shape index (κ1) is 5.46. The molecule has 0 aromatic carbocycles. The Hall–Kier alpha value is -0.540. The zero-order valence-electron chi connectivity index (χ0n) is 3.13. The molecule has 0 aliphatic carbocycles. The van der Waals surface area contributed by atoms with E-state index in [1.165, 1.54) is 0 Å². The van der Waals surface area contributed by atoms with E-state index in [0.717, 1.165) is 6.08 Å². The molecule has 6 heavy (non-hydrogen) atoms. The average Bonchev–Trinajstić information content (AvgIpc) is 1.35. The molecule has 0 unspecified atom stereocenters. The first-order chi connectivity index (χ1) is 2.77. The summed E-state index contributed by atoms with van der Waals surface area (Å²) in [4.78, 5) is 0. The molecule has 0 amide bonds. The lowest BCUT2D eigenvalue weighted by Gasteiger charge is -2.08. The normalized spacial score (nSPS) is 15.7. The van der Waals surface area contributed by atoms with Gasteiger partial charge in [-0.1, -0.05) is 12.3 Å². The van der Waals surface area contributed by atoms with Crippen LogP contribution in [0.5, 0.6) is 0 Å². The third-order valence-electron chi connectivity index (χ3n) is 0.268. The number of nitrogens with two attached hydrogens (primary N) is 1. The highest BCUT2D eigenvalue weighted by atomic mass is 16.3. The van der Waals surface area contributed by atoms with Crippen molar-refractivity contribution < 1.29 is 10.2 Å². The fourth-order valence-electron chi connectivity index (χ4n) is 0.0774. The number of rotatable bonds is 1. The van der Waals surface area contributed by atoms with Gasteiger partial charge >= 0.3 is 0 Å². The van der Waals surface area contributed by atoms with Crippen LogP contribution in [0.2, 0.25) is 0 Å². The standard InChI is InChI=1S/C3H6NO2/c4-3(6)1-2-5/h1-3,5H,4H2/q-1/p-1/b2-1-/t3-/m0/s1. The Bertz CT molecular complexity index is 50.8. The van der Waals surface area contributed by atoms with Crippen LogP contribution in [0.4, 0.5) is 0 Å². The molecule has 2 N–H and O–H groups in total. The van der Waals surface area contributed by atoms with Crippen molar-refractivity contribution in [2.45, 2.75) is 6.23 Å². The van der Waals surface area contributed by atoms with Crippen LogP contribution < -0.4 is 15.9 Å². The topological polar surface area (TPSA) is 72.1 Å². The van der Waals surface area contributed by atoms with E-state index in [2.05, 4.69) is 5.73 Å². The van der Waals surface area contributed by atoms with Crippen molar-refractivity contribution in [3.8, 4) is 0 Å². The van der Waals surface area contributed by atoms with Gasteiger partial charge in [-0.05, 0) is 0 Å². The van der Waals surface area contributed by atoms with Crippen molar-refractivity contribution in [3.05, 3.63) is 12.3 Å². The van der Waals surface area contributed by atoms with Crippen LogP contribution in [0.15, 0.2) is 12.3 Å². The fourth-order valence-corrected chi connectivity index (χ4v) is 0.0774. The van der Waals surface area contributed by atoms with Gasteiger partial charge in [0.05, 0.1) is 0 Å². The SMILES string of the molecule is N[C@@H]([O-])/C=C\[O-]. The summed E-state index contributed by atoms with van der Waals surface area (Å²) in [7, 11) is 0. The third-order valence-corrected chi connectivity index (χ3v) is 0.268.